The molecular formula is C15H18N4O4. The number of hydrogen-bond donors (Lipinski definition) is 2. The number of ether oxygens (including phenoxy) is 1. The maximum absolute atomic E-state index is 11.6. The van der Waals surface area contributed by atoms with Crippen LogP contribution in [0.5, 0.6) is 0 Å². The van der Waals surface area contributed by atoms with Gasteiger partial charge in [0, 0.05) is 18.5 Å². The largest absolute Gasteiger partial charge is 0.478 e. The number of alkyl carbamates (subject to hydrolysis) is 1. The molecule has 2 heterocycles. The molecule has 0 aliphatic carbocycles. The number of aromatic nitrogens is 3. The Morgan fingerprint density at radius 3 is 2.70 bits per heavy atom. The minimum Gasteiger partial charge on any atom is -0.478 e. The maximum Gasteiger partial charge on any atom is 0.407 e. The molecule has 0 bridgehead atoms. The summed E-state index contributed by atoms with van der Waals surface area (Å²) in [5.41, 5.74) is 0.169. The van der Waals surface area contributed by atoms with E-state index in [1.807, 2.05) is 0 Å². The number of carboxylic acid groups (broad SMARTS) is 1. The van der Waals surface area contributed by atoms with Gasteiger partial charge in [0.25, 0.3) is 0 Å². The van der Waals surface area contributed by atoms with E-state index in [0.717, 1.165) is 0 Å². The van der Waals surface area contributed by atoms with Crippen molar-refractivity contribution in [3.8, 4) is 5.82 Å². The second-order valence-corrected chi connectivity index (χ2v) is 5.84. The SMILES string of the molecule is CC(C)(C)OC(=O)NCc1cc(-n2ccc(C(=O)O)c2)ncn1. The van der Waals surface area contributed by atoms with E-state index in [2.05, 4.69) is 15.3 Å². The third-order valence-electron chi connectivity index (χ3n) is 2.73. The van der Waals surface area contributed by atoms with E-state index in [9.17, 15) is 9.59 Å². The quantitative estimate of drug-likeness (QED) is 0.893. The fraction of sp³-hybridized carbons (Fsp3) is 0.333. The molecule has 8 heteroatoms. The molecule has 0 aliphatic heterocycles. The fourth-order valence-electron chi connectivity index (χ4n) is 1.77. The number of amides is 1. The summed E-state index contributed by atoms with van der Waals surface area (Å²) in [6, 6.07) is 3.13. The molecule has 0 radical (unpaired) electrons. The second kappa shape index (κ2) is 6.47. The highest BCUT2D eigenvalue weighted by molar-refractivity contribution is 5.87. The number of nitrogens with one attached hydrogen (secondary N) is 1. The highest BCUT2D eigenvalue weighted by atomic mass is 16.6. The van der Waals surface area contributed by atoms with Crippen LogP contribution in [0.1, 0.15) is 36.8 Å². The first-order valence-electron chi connectivity index (χ1n) is 6.94. The van der Waals surface area contributed by atoms with E-state index < -0.39 is 17.7 Å². The summed E-state index contributed by atoms with van der Waals surface area (Å²) in [7, 11) is 0. The molecule has 0 unspecified atom stereocenters. The maximum atomic E-state index is 11.6. The number of nitrogens with zero attached hydrogens (tertiary/aromatic N) is 3. The van der Waals surface area contributed by atoms with Gasteiger partial charge in [-0.1, -0.05) is 0 Å². The summed E-state index contributed by atoms with van der Waals surface area (Å²) in [5, 5.41) is 11.5. The minimum atomic E-state index is -1.01. The fourth-order valence-corrected chi connectivity index (χ4v) is 1.77. The lowest BCUT2D eigenvalue weighted by Crippen LogP contribution is -2.32. The van der Waals surface area contributed by atoms with Crippen LogP contribution in [0.2, 0.25) is 0 Å². The highest BCUT2D eigenvalue weighted by Gasteiger charge is 2.16. The molecule has 8 nitrogen and oxygen atoms in total. The lowest BCUT2D eigenvalue weighted by atomic mass is 10.2. The zero-order chi connectivity index (χ0) is 17.0. The summed E-state index contributed by atoms with van der Waals surface area (Å²) < 4.78 is 6.71. The van der Waals surface area contributed by atoms with Gasteiger partial charge in [0.05, 0.1) is 17.8 Å². The molecule has 2 aromatic heterocycles. The molecule has 0 aromatic carbocycles. The van der Waals surface area contributed by atoms with Gasteiger partial charge >= 0.3 is 12.1 Å². The van der Waals surface area contributed by atoms with Crippen LogP contribution < -0.4 is 5.32 Å². The van der Waals surface area contributed by atoms with Crippen LogP contribution in [0, 0.1) is 0 Å². The Hall–Kier alpha value is -2.90. The summed E-state index contributed by atoms with van der Waals surface area (Å²) >= 11 is 0. The second-order valence-electron chi connectivity index (χ2n) is 5.84. The van der Waals surface area contributed by atoms with Crippen molar-refractivity contribution in [3.63, 3.8) is 0 Å². The molecule has 122 valence electrons. The topological polar surface area (TPSA) is 106 Å². The number of hydrogen-bond acceptors (Lipinski definition) is 5. The van der Waals surface area contributed by atoms with Crippen molar-refractivity contribution in [1.82, 2.24) is 19.9 Å². The Kier molecular flexibility index (Phi) is 4.63. The number of rotatable bonds is 4. The highest BCUT2D eigenvalue weighted by Crippen LogP contribution is 2.10. The third kappa shape index (κ3) is 4.80. The van der Waals surface area contributed by atoms with Crippen molar-refractivity contribution >= 4 is 12.1 Å². The summed E-state index contributed by atoms with van der Waals surface area (Å²) in [4.78, 5) is 30.7. The van der Waals surface area contributed by atoms with Gasteiger partial charge in [-0.2, -0.15) is 0 Å². The van der Waals surface area contributed by atoms with Crippen molar-refractivity contribution in [3.05, 3.63) is 42.1 Å². The van der Waals surface area contributed by atoms with Crippen molar-refractivity contribution in [2.24, 2.45) is 0 Å². The van der Waals surface area contributed by atoms with Crippen LogP contribution in [0.4, 0.5) is 4.79 Å². The number of carboxylic acids is 1. The predicted octanol–water partition coefficient (Wildman–Crippen LogP) is 1.99. The van der Waals surface area contributed by atoms with E-state index in [1.54, 1.807) is 37.6 Å². The Morgan fingerprint density at radius 2 is 2.09 bits per heavy atom. The van der Waals surface area contributed by atoms with Gasteiger partial charge in [-0.25, -0.2) is 19.6 Å². The summed E-state index contributed by atoms with van der Waals surface area (Å²) in [6.45, 7) is 5.52. The van der Waals surface area contributed by atoms with Crippen LogP contribution in [-0.4, -0.2) is 37.3 Å². The molecule has 2 aromatic rings. The summed E-state index contributed by atoms with van der Waals surface area (Å²) in [6.07, 6.45) is 3.86. The van der Waals surface area contributed by atoms with E-state index in [1.165, 1.54) is 18.6 Å². The summed E-state index contributed by atoms with van der Waals surface area (Å²) in [5.74, 6) is -0.502. The minimum absolute atomic E-state index is 0.164. The zero-order valence-electron chi connectivity index (χ0n) is 13.1. The average molecular weight is 318 g/mol. The molecule has 2 N–H and O–H groups in total. The lowest BCUT2D eigenvalue weighted by Gasteiger charge is -2.19. The standard InChI is InChI=1S/C15H18N4O4/c1-15(2,3)23-14(22)16-7-11-6-12(18-9-17-11)19-5-4-10(8-19)13(20)21/h4-6,8-9H,7H2,1-3H3,(H,16,22)(H,20,21). The van der Waals surface area contributed by atoms with Gasteiger partial charge < -0.3 is 19.7 Å². The molecule has 0 saturated heterocycles. The van der Waals surface area contributed by atoms with E-state index in [0.29, 0.717) is 11.5 Å². The number of aromatic carboxylic acids is 1. The van der Waals surface area contributed by atoms with Gasteiger partial charge in [0.2, 0.25) is 0 Å². The molecule has 0 aliphatic rings. The van der Waals surface area contributed by atoms with Gasteiger partial charge in [-0.15, -0.1) is 0 Å². The van der Waals surface area contributed by atoms with Gasteiger partial charge in [-0.05, 0) is 26.8 Å². The smallest absolute Gasteiger partial charge is 0.407 e. The molecule has 2 rings (SSSR count). The van der Waals surface area contributed by atoms with Crippen LogP contribution in [0.3, 0.4) is 0 Å². The van der Waals surface area contributed by atoms with Gasteiger partial charge in [-0.3, -0.25) is 0 Å². The van der Waals surface area contributed by atoms with Crippen LogP contribution in [0.25, 0.3) is 5.82 Å². The Labute approximate surface area is 133 Å². The monoisotopic (exact) mass is 318 g/mol. The van der Waals surface area contributed by atoms with E-state index >= 15 is 0 Å². The molecule has 0 saturated carbocycles. The van der Waals surface area contributed by atoms with Crippen LogP contribution >= 0.6 is 0 Å². The Bertz CT molecular complexity index is 718. The number of carbonyl (C=O) groups is 2. The van der Waals surface area contributed by atoms with Crippen molar-refractivity contribution < 1.29 is 19.4 Å². The molecule has 1 amide bonds. The molecular weight excluding hydrogens is 300 g/mol. The number of carbonyl (C=O) groups excluding carboxylic acids is 1. The molecule has 0 spiro atoms. The Balaban J connectivity index is 2.05. The first-order chi connectivity index (χ1) is 10.7. The average Bonchev–Trinajstić information content (AvgIpc) is 2.94. The van der Waals surface area contributed by atoms with Crippen molar-refractivity contribution in [1.29, 1.82) is 0 Å². The van der Waals surface area contributed by atoms with Crippen molar-refractivity contribution in [2.45, 2.75) is 32.9 Å². The lowest BCUT2D eigenvalue weighted by molar-refractivity contribution is 0.0522. The third-order valence-corrected chi connectivity index (χ3v) is 2.73. The van der Waals surface area contributed by atoms with Crippen LogP contribution in [0.15, 0.2) is 30.9 Å². The normalized spacial score (nSPS) is 11.1. The zero-order valence-corrected chi connectivity index (χ0v) is 13.1. The van der Waals surface area contributed by atoms with Gasteiger partial charge in [0.15, 0.2) is 0 Å². The molecule has 23 heavy (non-hydrogen) atoms. The first-order valence-corrected chi connectivity index (χ1v) is 6.94. The predicted molar refractivity (Wildman–Crippen MR) is 81.4 cm³/mol. The Morgan fingerprint density at radius 1 is 1.35 bits per heavy atom. The molecule has 0 atom stereocenters. The first kappa shape index (κ1) is 16.5. The van der Waals surface area contributed by atoms with E-state index in [4.69, 9.17) is 9.84 Å². The van der Waals surface area contributed by atoms with Crippen molar-refractivity contribution in [2.75, 3.05) is 0 Å². The van der Waals surface area contributed by atoms with Gasteiger partial charge in [0.1, 0.15) is 17.7 Å². The molecule has 0 fully saturated rings. The van der Waals surface area contributed by atoms with E-state index in [-0.39, 0.29) is 12.1 Å². The van der Waals surface area contributed by atoms with Crippen LogP contribution in [-0.2, 0) is 11.3 Å².